The van der Waals surface area contributed by atoms with E-state index in [1.54, 1.807) is 0 Å². The summed E-state index contributed by atoms with van der Waals surface area (Å²) in [6.45, 7) is 6.71. The van der Waals surface area contributed by atoms with Gasteiger partial charge < -0.3 is 19.5 Å². The third-order valence-corrected chi connectivity index (χ3v) is 4.85. The van der Waals surface area contributed by atoms with E-state index in [9.17, 15) is 0 Å². The number of nitrogens with one attached hydrogen (secondary N) is 1. The highest BCUT2D eigenvalue weighted by molar-refractivity contribution is 5.80. The lowest BCUT2D eigenvalue weighted by Gasteiger charge is -2.34. The number of aliphatic imine (C=N–C) groups is 1. The van der Waals surface area contributed by atoms with Crippen LogP contribution in [0.15, 0.2) is 17.4 Å². The standard InChI is InChI=1S/C17H26N8O/c1-3-18-17(19-10-16-22-21-15-5-4-6-25(15)16)24-7-8-26-14(12-24)13-9-20-23(2)11-13/h9,11,14H,3-8,10,12H2,1-2H3,(H,18,19). The van der Waals surface area contributed by atoms with Crippen LogP contribution in [0.3, 0.4) is 0 Å². The minimum absolute atomic E-state index is 0.0126. The topological polar surface area (TPSA) is 85.4 Å². The van der Waals surface area contributed by atoms with Gasteiger partial charge in [-0.1, -0.05) is 0 Å². The fourth-order valence-corrected chi connectivity index (χ4v) is 3.55. The zero-order chi connectivity index (χ0) is 17.9. The molecule has 0 saturated carbocycles. The summed E-state index contributed by atoms with van der Waals surface area (Å²) in [6, 6.07) is 0. The van der Waals surface area contributed by atoms with Crippen molar-refractivity contribution >= 4 is 5.96 Å². The molecule has 0 amide bonds. The Kier molecular flexibility index (Phi) is 4.87. The van der Waals surface area contributed by atoms with E-state index < -0.39 is 0 Å². The maximum absolute atomic E-state index is 5.94. The molecule has 0 bridgehead atoms. The summed E-state index contributed by atoms with van der Waals surface area (Å²) in [5.74, 6) is 2.94. The van der Waals surface area contributed by atoms with Crippen LogP contribution in [-0.2, 0) is 31.3 Å². The molecule has 1 saturated heterocycles. The van der Waals surface area contributed by atoms with E-state index >= 15 is 0 Å². The molecular weight excluding hydrogens is 332 g/mol. The quantitative estimate of drug-likeness (QED) is 0.633. The summed E-state index contributed by atoms with van der Waals surface area (Å²) in [6.07, 6.45) is 6.07. The molecule has 1 fully saturated rings. The molecule has 1 atom stereocenters. The zero-order valence-electron chi connectivity index (χ0n) is 15.4. The van der Waals surface area contributed by atoms with Crippen LogP contribution in [0.25, 0.3) is 0 Å². The van der Waals surface area contributed by atoms with Gasteiger partial charge in [0.05, 0.1) is 19.3 Å². The molecule has 26 heavy (non-hydrogen) atoms. The molecule has 4 rings (SSSR count). The van der Waals surface area contributed by atoms with Gasteiger partial charge in [-0.05, 0) is 13.3 Å². The van der Waals surface area contributed by atoms with Crippen LogP contribution in [0.2, 0.25) is 0 Å². The lowest BCUT2D eigenvalue weighted by molar-refractivity contribution is -0.00805. The molecule has 140 valence electrons. The van der Waals surface area contributed by atoms with E-state index in [2.05, 4.69) is 37.0 Å². The van der Waals surface area contributed by atoms with E-state index in [1.807, 2.05) is 24.1 Å². The normalized spacial score (nSPS) is 20.5. The van der Waals surface area contributed by atoms with Gasteiger partial charge in [0.2, 0.25) is 0 Å². The van der Waals surface area contributed by atoms with Crippen molar-refractivity contribution in [3.05, 3.63) is 29.6 Å². The average molecular weight is 358 g/mol. The van der Waals surface area contributed by atoms with Gasteiger partial charge in [0.1, 0.15) is 18.5 Å². The first kappa shape index (κ1) is 17.0. The first-order valence-electron chi connectivity index (χ1n) is 9.29. The number of fused-ring (bicyclic) bond motifs is 1. The molecule has 9 nitrogen and oxygen atoms in total. The zero-order valence-corrected chi connectivity index (χ0v) is 15.4. The van der Waals surface area contributed by atoms with Crippen LogP contribution >= 0.6 is 0 Å². The summed E-state index contributed by atoms with van der Waals surface area (Å²) < 4.78 is 9.95. The Labute approximate surface area is 153 Å². The van der Waals surface area contributed by atoms with Crippen molar-refractivity contribution in [2.75, 3.05) is 26.2 Å². The predicted octanol–water partition coefficient (Wildman–Crippen LogP) is 0.497. The molecule has 2 aromatic rings. The van der Waals surface area contributed by atoms with Crippen LogP contribution in [-0.4, -0.2) is 61.6 Å². The van der Waals surface area contributed by atoms with Crippen molar-refractivity contribution in [3.8, 4) is 0 Å². The molecule has 1 N–H and O–H groups in total. The van der Waals surface area contributed by atoms with Gasteiger partial charge in [0.25, 0.3) is 0 Å². The number of ether oxygens (including phenoxy) is 1. The maximum atomic E-state index is 5.94. The van der Waals surface area contributed by atoms with E-state index in [1.165, 1.54) is 0 Å². The Balaban J connectivity index is 1.48. The molecule has 9 heteroatoms. The molecule has 1 unspecified atom stereocenters. The number of hydrogen-bond donors (Lipinski definition) is 1. The number of aromatic nitrogens is 5. The maximum Gasteiger partial charge on any atom is 0.194 e. The first-order valence-corrected chi connectivity index (χ1v) is 9.29. The SMILES string of the molecule is CCNC(=NCc1nnc2n1CCC2)N1CCOC(c2cnn(C)c2)C1. The molecule has 2 aliphatic rings. The van der Waals surface area contributed by atoms with Gasteiger partial charge in [-0.2, -0.15) is 5.10 Å². The number of hydrogen-bond acceptors (Lipinski definition) is 5. The highest BCUT2D eigenvalue weighted by Crippen LogP contribution is 2.22. The van der Waals surface area contributed by atoms with E-state index in [-0.39, 0.29) is 6.10 Å². The van der Waals surface area contributed by atoms with Gasteiger partial charge in [0, 0.05) is 44.9 Å². The first-order chi connectivity index (χ1) is 12.7. The van der Waals surface area contributed by atoms with Crippen LogP contribution in [0.4, 0.5) is 0 Å². The van der Waals surface area contributed by atoms with Gasteiger partial charge in [-0.15, -0.1) is 10.2 Å². The second-order valence-corrected chi connectivity index (χ2v) is 6.71. The lowest BCUT2D eigenvalue weighted by atomic mass is 10.1. The minimum atomic E-state index is 0.0126. The van der Waals surface area contributed by atoms with Crippen molar-refractivity contribution < 1.29 is 4.74 Å². The monoisotopic (exact) mass is 358 g/mol. The smallest absolute Gasteiger partial charge is 0.194 e. The van der Waals surface area contributed by atoms with Crippen molar-refractivity contribution in [1.82, 2.24) is 34.8 Å². The highest BCUT2D eigenvalue weighted by atomic mass is 16.5. The molecule has 0 spiro atoms. The number of nitrogens with zero attached hydrogens (tertiary/aromatic N) is 7. The van der Waals surface area contributed by atoms with Gasteiger partial charge in [-0.3, -0.25) is 4.68 Å². The second kappa shape index (κ2) is 7.45. The molecule has 0 aliphatic carbocycles. The van der Waals surface area contributed by atoms with E-state index in [4.69, 9.17) is 9.73 Å². The Hall–Kier alpha value is -2.42. The second-order valence-electron chi connectivity index (χ2n) is 6.71. The fourth-order valence-electron chi connectivity index (χ4n) is 3.55. The number of aryl methyl sites for hydroxylation is 2. The molecular formula is C17H26N8O. The molecule has 2 aliphatic heterocycles. The minimum Gasteiger partial charge on any atom is -0.370 e. The van der Waals surface area contributed by atoms with Gasteiger partial charge in [-0.25, -0.2) is 4.99 Å². The number of guanidine groups is 1. The summed E-state index contributed by atoms with van der Waals surface area (Å²) in [5.41, 5.74) is 1.10. The Morgan fingerprint density at radius 3 is 3.12 bits per heavy atom. The summed E-state index contributed by atoms with van der Waals surface area (Å²) in [7, 11) is 1.92. The largest absolute Gasteiger partial charge is 0.370 e. The van der Waals surface area contributed by atoms with Crippen molar-refractivity contribution in [3.63, 3.8) is 0 Å². The van der Waals surface area contributed by atoms with E-state index in [0.717, 1.165) is 62.2 Å². The summed E-state index contributed by atoms with van der Waals surface area (Å²) >= 11 is 0. The Morgan fingerprint density at radius 1 is 1.38 bits per heavy atom. The van der Waals surface area contributed by atoms with E-state index in [0.29, 0.717) is 13.2 Å². The van der Waals surface area contributed by atoms with Crippen molar-refractivity contribution in [1.29, 1.82) is 0 Å². The highest BCUT2D eigenvalue weighted by Gasteiger charge is 2.25. The van der Waals surface area contributed by atoms with Crippen LogP contribution < -0.4 is 5.32 Å². The Morgan fingerprint density at radius 2 is 2.31 bits per heavy atom. The number of morpholine rings is 1. The van der Waals surface area contributed by atoms with Crippen LogP contribution in [0.5, 0.6) is 0 Å². The lowest BCUT2D eigenvalue weighted by Crippen LogP contribution is -2.48. The van der Waals surface area contributed by atoms with Crippen molar-refractivity contribution in [2.45, 2.75) is 39.0 Å². The van der Waals surface area contributed by atoms with Crippen LogP contribution in [0.1, 0.15) is 36.7 Å². The van der Waals surface area contributed by atoms with Crippen molar-refractivity contribution in [2.24, 2.45) is 12.0 Å². The Bertz CT molecular complexity index is 780. The predicted molar refractivity (Wildman–Crippen MR) is 96.6 cm³/mol. The fraction of sp³-hybridized carbons (Fsp3) is 0.647. The third-order valence-electron chi connectivity index (χ3n) is 4.85. The average Bonchev–Trinajstić information content (AvgIpc) is 3.36. The van der Waals surface area contributed by atoms with Gasteiger partial charge >= 0.3 is 0 Å². The van der Waals surface area contributed by atoms with Gasteiger partial charge in [0.15, 0.2) is 11.8 Å². The molecule has 2 aromatic heterocycles. The molecule has 4 heterocycles. The summed E-state index contributed by atoms with van der Waals surface area (Å²) in [4.78, 5) is 7.08. The third kappa shape index (κ3) is 3.44. The number of rotatable bonds is 4. The molecule has 0 radical (unpaired) electrons. The van der Waals surface area contributed by atoms with Crippen LogP contribution in [0, 0.1) is 0 Å². The summed E-state index contributed by atoms with van der Waals surface area (Å²) in [5, 5.41) is 16.2. The molecule has 0 aromatic carbocycles.